The Bertz CT molecular complexity index is 7680. The van der Waals surface area contributed by atoms with E-state index in [4.69, 9.17) is 0 Å². The van der Waals surface area contributed by atoms with Crippen molar-refractivity contribution in [2.45, 2.75) is 166 Å². The van der Waals surface area contributed by atoms with Gasteiger partial charge in [0.05, 0.1) is 10.8 Å². The summed E-state index contributed by atoms with van der Waals surface area (Å²) in [6.45, 7) is 44.7. The third kappa shape index (κ3) is 15.7. The van der Waals surface area contributed by atoms with Gasteiger partial charge >= 0.3 is 0 Å². The van der Waals surface area contributed by atoms with Gasteiger partial charge in [0, 0.05) is 56.6 Å². The van der Waals surface area contributed by atoms with E-state index in [0.29, 0.717) is 0 Å². The van der Waals surface area contributed by atoms with E-state index in [1.165, 1.54) is 252 Å². The Morgan fingerprint density at radius 3 is 1.00 bits per heavy atom. The molecule has 0 amide bonds. The lowest BCUT2D eigenvalue weighted by atomic mass is 9.67. The average molecular weight is 1780 g/mol. The second-order valence-electron chi connectivity index (χ2n) is 40.1. The van der Waals surface area contributed by atoms with E-state index < -0.39 is 0 Å². The zero-order valence-electron chi connectivity index (χ0n) is 82.1. The normalized spacial score (nSPS) is 13.9. The summed E-state index contributed by atoms with van der Waals surface area (Å²) in [4.78, 5) is 0. The van der Waals surface area contributed by atoms with Crippen LogP contribution in [0.3, 0.4) is 0 Å². The predicted octanol–water partition coefficient (Wildman–Crippen LogP) is 36.5. The zero-order chi connectivity index (χ0) is 94.3. The molecule has 25 rings (SSSR count). The van der Waals surface area contributed by atoms with Gasteiger partial charge in [-0.2, -0.15) is 0 Å². The second kappa shape index (κ2) is 36.0. The molecular formula is C133H122S2. The van der Waals surface area contributed by atoms with Crippen molar-refractivity contribution in [3.05, 3.63) is 532 Å². The van der Waals surface area contributed by atoms with Gasteiger partial charge in [0.25, 0.3) is 0 Å². The number of hydrogen-bond donors (Lipinski definition) is 0. The van der Waals surface area contributed by atoms with Crippen molar-refractivity contribution in [3.8, 4) is 55.6 Å². The number of aryl methyl sites for hydroxylation is 14. The van der Waals surface area contributed by atoms with Gasteiger partial charge in [-0.1, -0.05) is 439 Å². The standard InChI is InChI=1S/2C27H22.3C17H18.2C14H12S/c1-19-16-17-23-25(18-19)27(21-11-5-3-6-12-21,22-13-7-4-8-14-22)24-15-9-10-20(2)26(23)24;1-19-13-15-23-24-16-14-20(2)18-26(24)27(25(23)17-19,21-9-5-3-6-10-21)22-11-7-4-8-12-22;1-11-5-7-13-14-8-6-12(2)10-16(14)17(3,4)15(13)9-11;1-11-8-9-13-15(10-11)17(3,4)14-7-5-6-12(2)16(13)14;1-11-9-10-12(2)16-15(11)13-7-5-6-8-14(13)17(16,3)4;1-9-5-4-8-12-13(9)11-7-3-6-10(2)14(11)15-12;1-9-7-8-10(2)14-13(9)11-5-3-4-6-12(11)15-14/h2*3-18H,1-2H3;3*5-10H,1-4H3;2*3-8H,1-2H3. The van der Waals surface area contributed by atoms with Crippen LogP contribution in [-0.4, -0.2) is 0 Å². The molecule has 0 fully saturated rings. The van der Waals surface area contributed by atoms with Crippen LogP contribution in [0.1, 0.15) is 197 Å². The molecule has 0 saturated carbocycles. The maximum absolute atomic E-state index is 2.38. The fraction of sp³-hybridized carbons (Fsp3) is 0.188. The van der Waals surface area contributed by atoms with Gasteiger partial charge in [0.2, 0.25) is 0 Å². The van der Waals surface area contributed by atoms with Crippen molar-refractivity contribution < 1.29 is 0 Å². The molecule has 2 heterocycles. The maximum atomic E-state index is 2.38. The van der Waals surface area contributed by atoms with E-state index in [0.717, 1.165) is 0 Å². The minimum Gasteiger partial charge on any atom is -0.135 e. The Morgan fingerprint density at radius 2 is 0.481 bits per heavy atom. The first-order valence-electron chi connectivity index (χ1n) is 48.1. The highest BCUT2D eigenvalue weighted by molar-refractivity contribution is 7.26. The second-order valence-corrected chi connectivity index (χ2v) is 42.2. The Hall–Kier alpha value is -13.6. The summed E-state index contributed by atoms with van der Waals surface area (Å²) in [5.74, 6) is 0. The number of benzene rings is 18. The van der Waals surface area contributed by atoms with Crippen LogP contribution in [0.4, 0.5) is 0 Å². The van der Waals surface area contributed by atoms with Crippen LogP contribution in [0.15, 0.2) is 376 Å². The lowest BCUT2D eigenvalue weighted by Crippen LogP contribution is -2.28. The van der Waals surface area contributed by atoms with Crippen LogP contribution in [0.2, 0.25) is 0 Å². The zero-order valence-corrected chi connectivity index (χ0v) is 83.7. The van der Waals surface area contributed by atoms with Gasteiger partial charge < -0.3 is 0 Å². The molecule has 666 valence electrons. The van der Waals surface area contributed by atoms with Crippen molar-refractivity contribution >= 4 is 63.0 Å². The lowest BCUT2D eigenvalue weighted by molar-refractivity contribution is 0.655. The maximum Gasteiger partial charge on any atom is 0.0713 e. The fourth-order valence-electron chi connectivity index (χ4n) is 23.2. The van der Waals surface area contributed by atoms with Gasteiger partial charge in [-0.05, 0) is 287 Å². The third-order valence-electron chi connectivity index (χ3n) is 29.8. The number of fused-ring (bicyclic) bond motifs is 21. The summed E-state index contributed by atoms with van der Waals surface area (Å²) in [6.07, 6.45) is 0. The highest BCUT2D eigenvalue weighted by Gasteiger charge is 2.49. The summed E-state index contributed by atoms with van der Waals surface area (Å²) in [7, 11) is 0. The number of hydrogen-bond acceptors (Lipinski definition) is 2. The molecule has 0 N–H and O–H groups in total. The summed E-state index contributed by atoms with van der Waals surface area (Å²) in [5.41, 5.74) is 52.7. The van der Waals surface area contributed by atoms with Gasteiger partial charge in [-0.25, -0.2) is 0 Å². The largest absolute Gasteiger partial charge is 0.135 e. The van der Waals surface area contributed by atoms with E-state index in [1.54, 1.807) is 0 Å². The fourth-order valence-corrected chi connectivity index (χ4v) is 25.7. The molecule has 0 spiro atoms. The molecule has 2 heteroatoms. The minimum atomic E-state index is -0.273. The molecule has 2 aromatic heterocycles. The monoisotopic (exact) mass is 1780 g/mol. The topological polar surface area (TPSA) is 0 Å². The highest BCUT2D eigenvalue weighted by Crippen LogP contribution is 2.60. The Morgan fingerprint density at radius 1 is 0.178 bits per heavy atom. The molecule has 20 aromatic rings. The summed E-state index contributed by atoms with van der Waals surface area (Å²) in [5, 5.41) is 5.68. The first-order valence-corrected chi connectivity index (χ1v) is 49.7. The summed E-state index contributed by atoms with van der Waals surface area (Å²) < 4.78 is 5.67. The first-order chi connectivity index (χ1) is 65.0. The van der Waals surface area contributed by atoms with Crippen LogP contribution in [0.25, 0.3) is 96.0 Å². The van der Waals surface area contributed by atoms with Crippen molar-refractivity contribution in [1.82, 2.24) is 0 Å². The summed E-state index contributed by atoms with van der Waals surface area (Å²) >= 11 is 3.80. The molecule has 0 nitrogen and oxygen atoms in total. The molecule has 5 aliphatic rings. The lowest BCUT2D eigenvalue weighted by Gasteiger charge is -2.34. The quantitative estimate of drug-likeness (QED) is 0.165. The SMILES string of the molecule is Cc1ccc(C)c2c1-c1ccccc1C2(C)C.Cc1ccc(C)c2c1sc1ccccc12.Cc1ccc2c(c1)C(C)(C)c1cc(C)ccc1-2.Cc1ccc2c(c1)C(C)(C)c1cccc(C)c1-2.Cc1ccc2c(c1)C(c1ccccc1)(c1ccccc1)c1cc(C)ccc1-2.Cc1ccc2c(c1)C(c1ccccc1)(c1ccccc1)c1cccc(C)c1-2.Cc1cccc2c1sc1cccc(C)c12. The summed E-state index contributed by atoms with van der Waals surface area (Å²) in [6, 6.07) is 138. The molecule has 0 bridgehead atoms. The molecule has 18 aromatic carbocycles. The molecule has 0 atom stereocenters. The van der Waals surface area contributed by atoms with Gasteiger partial charge in [-0.15, -0.1) is 22.7 Å². The van der Waals surface area contributed by atoms with Gasteiger partial charge in [0.15, 0.2) is 0 Å². The van der Waals surface area contributed by atoms with Gasteiger partial charge in [-0.3, -0.25) is 0 Å². The minimum absolute atomic E-state index is 0.141. The van der Waals surface area contributed by atoms with Crippen LogP contribution in [0.5, 0.6) is 0 Å². The van der Waals surface area contributed by atoms with Crippen LogP contribution in [-0.2, 0) is 27.1 Å². The molecular weight excluding hydrogens is 1660 g/mol. The molecule has 5 aliphatic carbocycles. The molecule has 0 unspecified atom stereocenters. The van der Waals surface area contributed by atoms with E-state index in [2.05, 4.69) is 515 Å². The Kier molecular flexibility index (Phi) is 24.1. The van der Waals surface area contributed by atoms with E-state index in [1.807, 2.05) is 22.7 Å². The van der Waals surface area contributed by atoms with Crippen LogP contribution < -0.4 is 0 Å². The molecule has 0 saturated heterocycles. The van der Waals surface area contributed by atoms with Crippen molar-refractivity contribution in [3.63, 3.8) is 0 Å². The van der Waals surface area contributed by atoms with E-state index in [9.17, 15) is 0 Å². The molecule has 135 heavy (non-hydrogen) atoms. The van der Waals surface area contributed by atoms with Crippen LogP contribution >= 0.6 is 22.7 Å². The Balaban J connectivity index is 0.000000103. The number of rotatable bonds is 4. The van der Waals surface area contributed by atoms with Crippen molar-refractivity contribution in [1.29, 1.82) is 0 Å². The van der Waals surface area contributed by atoms with Crippen molar-refractivity contribution in [2.24, 2.45) is 0 Å². The first kappa shape index (κ1) is 90.6. The van der Waals surface area contributed by atoms with Crippen molar-refractivity contribution in [2.75, 3.05) is 0 Å². The Labute approximate surface area is 809 Å². The third-order valence-corrected chi connectivity index (χ3v) is 32.4. The van der Waals surface area contributed by atoms with Crippen LogP contribution in [0, 0.1) is 96.9 Å². The van der Waals surface area contributed by atoms with E-state index >= 15 is 0 Å². The number of thiophene rings is 2. The average Bonchev–Trinajstić information content (AvgIpc) is 1.53. The molecule has 0 aliphatic heterocycles. The van der Waals surface area contributed by atoms with E-state index in [-0.39, 0.29) is 27.1 Å². The van der Waals surface area contributed by atoms with Gasteiger partial charge in [0.1, 0.15) is 0 Å². The predicted molar refractivity (Wildman–Crippen MR) is 584 cm³/mol. The smallest absolute Gasteiger partial charge is 0.0713 e. The molecule has 0 radical (unpaired) electrons. The highest BCUT2D eigenvalue weighted by atomic mass is 32.1.